The fourth-order valence-corrected chi connectivity index (χ4v) is 5.97. The lowest BCUT2D eigenvalue weighted by Gasteiger charge is -2.16. The first-order chi connectivity index (χ1) is 15.1. The van der Waals surface area contributed by atoms with Gasteiger partial charge in [0.1, 0.15) is 10.6 Å². The van der Waals surface area contributed by atoms with Gasteiger partial charge in [-0.15, -0.1) is 11.3 Å². The van der Waals surface area contributed by atoms with Gasteiger partial charge in [-0.05, 0) is 42.3 Å². The number of thiophene rings is 1. The fourth-order valence-electron chi connectivity index (χ4n) is 4.79. The van der Waals surface area contributed by atoms with Crippen molar-refractivity contribution < 1.29 is 9.53 Å². The molecule has 7 heteroatoms. The Morgan fingerprint density at radius 2 is 2.19 bits per heavy atom. The number of methoxy groups -OCH3 is 1. The minimum atomic E-state index is -0.0144. The van der Waals surface area contributed by atoms with Crippen LogP contribution in [0.15, 0.2) is 42.7 Å². The molecule has 1 N–H and O–H groups in total. The predicted molar refractivity (Wildman–Crippen MR) is 125 cm³/mol. The van der Waals surface area contributed by atoms with Crippen molar-refractivity contribution in [3.05, 3.63) is 58.7 Å². The molecule has 0 saturated carbocycles. The molecule has 4 heterocycles. The van der Waals surface area contributed by atoms with Crippen LogP contribution in [0.2, 0.25) is 0 Å². The summed E-state index contributed by atoms with van der Waals surface area (Å²) in [7, 11) is 5.48. The lowest BCUT2D eigenvalue weighted by Crippen LogP contribution is -2.21. The molecule has 31 heavy (non-hydrogen) atoms. The first-order valence-electron chi connectivity index (χ1n) is 10.5. The second-order valence-corrected chi connectivity index (χ2v) is 9.15. The molecular weight excluding hydrogens is 408 g/mol. The van der Waals surface area contributed by atoms with Gasteiger partial charge < -0.3 is 14.6 Å². The van der Waals surface area contributed by atoms with Gasteiger partial charge in [-0.3, -0.25) is 9.69 Å². The highest BCUT2D eigenvalue weighted by Crippen LogP contribution is 2.40. The third-order valence-corrected chi connectivity index (χ3v) is 7.42. The molecule has 160 valence electrons. The number of amides is 1. The van der Waals surface area contributed by atoms with E-state index >= 15 is 0 Å². The van der Waals surface area contributed by atoms with Crippen LogP contribution < -0.4 is 10.1 Å². The maximum Gasteiger partial charge on any atom is 0.261 e. The van der Waals surface area contributed by atoms with E-state index in [2.05, 4.69) is 51.2 Å². The number of carbonyl (C=O) groups excluding carboxylic acids is 1. The molecule has 0 aliphatic carbocycles. The Balaban J connectivity index is 1.43. The average molecular weight is 435 g/mol. The number of nitrogens with one attached hydrogen (secondary N) is 1. The number of hydrogen-bond acceptors (Lipinski definition) is 5. The van der Waals surface area contributed by atoms with Crippen LogP contribution in [0, 0.1) is 0 Å². The fraction of sp³-hybridized carbons (Fsp3) is 0.333. The molecular formula is C24H26N4O2S. The first kappa shape index (κ1) is 20.0. The Bertz CT molecular complexity index is 1280. The van der Waals surface area contributed by atoms with E-state index in [0.717, 1.165) is 52.5 Å². The maximum atomic E-state index is 12.6. The smallest absolute Gasteiger partial charge is 0.261 e. The minimum absolute atomic E-state index is 0.0144. The van der Waals surface area contributed by atoms with Crippen molar-refractivity contribution in [1.82, 2.24) is 19.8 Å². The Labute approximate surface area is 185 Å². The molecule has 0 radical (unpaired) electrons. The van der Waals surface area contributed by atoms with Crippen LogP contribution in [0.4, 0.5) is 0 Å². The molecule has 4 aromatic rings. The largest absolute Gasteiger partial charge is 0.497 e. The molecule has 5 rings (SSSR count). The zero-order valence-corrected chi connectivity index (χ0v) is 18.8. The number of likely N-dealkylation sites (tertiary alicyclic amines) is 1. The topological polar surface area (TPSA) is 59.4 Å². The highest BCUT2D eigenvalue weighted by Gasteiger charge is 2.31. The summed E-state index contributed by atoms with van der Waals surface area (Å²) in [6.07, 6.45) is 5.06. The number of aromatic nitrogens is 2. The molecule has 0 bridgehead atoms. The highest BCUT2D eigenvalue weighted by atomic mass is 32.1. The molecule has 1 amide bonds. The van der Waals surface area contributed by atoms with Gasteiger partial charge in [0.15, 0.2) is 0 Å². The normalized spacial score (nSPS) is 16.9. The molecule has 6 nitrogen and oxygen atoms in total. The quantitative estimate of drug-likeness (QED) is 0.513. The van der Waals surface area contributed by atoms with Crippen molar-refractivity contribution in [1.29, 1.82) is 0 Å². The van der Waals surface area contributed by atoms with Crippen molar-refractivity contribution >= 4 is 38.4 Å². The Kier molecular flexibility index (Phi) is 5.16. The van der Waals surface area contributed by atoms with Gasteiger partial charge >= 0.3 is 0 Å². The SMILES string of the molecule is CNC(=O)c1sc2ncccc2c1C1CCN(Cc2cn(C)c3cc(OC)ccc23)C1. The number of rotatable bonds is 5. The van der Waals surface area contributed by atoms with Crippen LogP contribution in [-0.4, -0.2) is 47.6 Å². The number of benzene rings is 1. The minimum Gasteiger partial charge on any atom is -0.497 e. The van der Waals surface area contributed by atoms with Crippen LogP contribution in [-0.2, 0) is 13.6 Å². The van der Waals surface area contributed by atoms with Gasteiger partial charge in [0.25, 0.3) is 5.91 Å². The molecule has 1 aliphatic heterocycles. The average Bonchev–Trinajstić information content (AvgIpc) is 3.49. The third kappa shape index (κ3) is 3.47. The first-order valence-corrected chi connectivity index (χ1v) is 11.3. The standard InChI is InChI=1S/C24H26N4O2S/c1-25-23(29)22-21(19-5-4-9-26-24(19)31-22)15-8-10-28(13-15)14-16-12-27(2)20-11-17(30-3)6-7-18(16)20/h4-7,9,11-12,15H,8,10,13-14H2,1-3H3,(H,25,29). The summed E-state index contributed by atoms with van der Waals surface area (Å²) in [6, 6.07) is 10.3. The van der Waals surface area contributed by atoms with Gasteiger partial charge in [-0.2, -0.15) is 0 Å². The van der Waals surface area contributed by atoms with Crippen LogP contribution in [0.3, 0.4) is 0 Å². The van der Waals surface area contributed by atoms with Gasteiger partial charge in [0, 0.05) is 62.3 Å². The van der Waals surface area contributed by atoms with Crippen molar-refractivity contribution in [2.24, 2.45) is 7.05 Å². The summed E-state index contributed by atoms with van der Waals surface area (Å²) in [5.41, 5.74) is 3.67. The summed E-state index contributed by atoms with van der Waals surface area (Å²) in [5, 5.41) is 5.19. The molecule has 1 fully saturated rings. The van der Waals surface area contributed by atoms with Crippen LogP contribution in [0.1, 0.15) is 33.1 Å². The number of hydrogen-bond donors (Lipinski definition) is 1. The number of ether oxygens (including phenoxy) is 1. The molecule has 1 aliphatic rings. The van der Waals surface area contributed by atoms with Crippen molar-refractivity contribution in [3.8, 4) is 5.75 Å². The summed E-state index contributed by atoms with van der Waals surface area (Å²) in [5.74, 6) is 1.20. The summed E-state index contributed by atoms with van der Waals surface area (Å²) >= 11 is 1.50. The number of aryl methyl sites for hydroxylation is 1. The predicted octanol–water partition coefficient (Wildman–Crippen LogP) is 4.15. The van der Waals surface area contributed by atoms with Gasteiger partial charge in [0.2, 0.25) is 0 Å². The van der Waals surface area contributed by atoms with E-state index in [1.807, 2.05) is 12.1 Å². The second kappa shape index (κ2) is 7.98. The van der Waals surface area contributed by atoms with E-state index in [0.29, 0.717) is 5.92 Å². The van der Waals surface area contributed by atoms with Gasteiger partial charge in [-0.1, -0.05) is 6.07 Å². The van der Waals surface area contributed by atoms with E-state index < -0.39 is 0 Å². The Hall–Kier alpha value is -2.90. The molecule has 1 saturated heterocycles. The number of pyridine rings is 1. The van der Waals surface area contributed by atoms with Gasteiger partial charge in [-0.25, -0.2) is 4.98 Å². The monoisotopic (exact) mass is 434 g/mol. The number of fused-ring (bicyclic) bond motifs is 2. The van der Waals surface area contributed by atoms with Crippen LogP contribution in [0.5, 0.6) is 5.75 Å². The van der Waals surface area contributed by atoms with Crippen molar-refractivity contribution in [2.45, 2.75) is 18.9 Å². The zero-order valence-electron chi connectivity index (χ0n) is 18.0. The van der Waals surface area contributed by atoms with E-state index in [9.17, 15) is 4.79 Å². The number of carbonyl (C=O) groups is 1. The van der Waals surface area contributed by atoms with E-state index in [1.165, 1.54) is 27.8 Å². The van der Waals surface area contributed by atoms with E-state index in [-0.39, 0.29) is 5.91 Å². The lowest BCUT2D eigenvalue weighted by molar-refractivity contribution is 0.0966. The summed E-state index contributed by atoms with van der Waals surface area (Å²) in [4.78, 5) is 21.3. The number of nitrogens with zero attached hydrogens (tertiary/aromatic N) is 3. The molecule has 1 aromatic carbocycles. The van der Waals surface area contributed by atoms with Crippen molar-refractivity contribution in [2.75, 3.05) is 27.2 Å². The maximum absolute atomic E-state index is 12.6. The third-order valence-electron chi connectivity index (χ3n) is 6.29. The Morgan fingerprint density at radius 1 is 1.32 bits per heavy atom. The second-order valence-electron chi connectivity index (χ2n) is 8.15. The highest BCUT2D eigenvalue weighted by molar-refractivity contribution is 7.20. The molecule has 0 spiro atoms. The molecule has 1 atom stereocenters. The van der Waals surface area contributed by atoms with Gasteiger partial charge in [0.05, 0.1) is 17.5 Å². The lowest BCUT2D eigenvalue weighted by atomic mass is 9.95. The van der Waals surface area contributed by atoms with Crippen LogP contribution >= 0.6 is 11.3 Å². The zero-order chi connectivity index (χ0) is 21.5. The van der Waals surface area contributed by atoms with Crippen LogP contribution in [0.25, 0.3) is 21.1 Å². The molecule has 3 aromatic heterocycles. The Morgan fingerprint density at radius 3 is 3.00 bits per heavy atom. The van der Waals surface area contributed by atoms with E-state index in [1.54, 1.807) is 20.4 Å². The summed E-state index contributed by atoms with van der Waals surface area (Å²) < 4.78 is 7.56. The van der Waals surface area contributed by atoms with E-state index in [4.69, 9.17) is 4.74 Å². The molecule has 1 unspecified atom stereocenters. The van der Waals surface area contributed by atoms with Crippen molar-refractivity contribution in [3.63, 3.8) is 0 Å². The summed E-state index contributed by atoms with van der Waals surface area (Å²) in [6.45, 7) is 2.86.